The minimum atomic E-state index is -0.614. The summed E-state index contributed by atoms with van der Waals surface area (Å²) in [5, 5.41) is 7.02. The van der Waals surface area contributed by atoms with Crippen molar-refractivity contribution in [2.24, 2.45) is 0 Å². The molecule has 7 heteroatoms. The van der Waals surface area contributed by atoms with Gasteiger partial charge in [-0.2, -0.15) is 0 Å². The van der Waals surface area contributed by atoms with Gasteiger partial charge in [0.05, 0.1) is 25.3 Å². The molecule has 1 unspecified atom stereocenters. The highest BCUT2D eigenvalue weighted by Crippen LogP contribution is 2.26. The van der Waals surface area contributed by atoms with Gasteiger partial charge in [0.25, 0.3) is 5.91 Å². The van der Waals surface area contributed by atoms with Crippen LogP contribution in [0.5, 0.6) is 0 Å². The molecule has 1 aromatic carbocycles. The zero-order chi connectivity index (χ0) is 17.0. The van der Waals surface area contributed by atoms with E-state index in [1.54, 1.807) is 38.1 Å². The number of rotatable bonds is 5. The second kappa shape index (κ2) is 7.28. The Morgan fingerprint density at radius 2 is 2.04 bits per heavy atom. The molecular formula is C16H17ClN2O4. The monoisotopic (exact) mass is 336 g/mol. The summed E-state index contributed by atoms with van der Waals surface area (Å²) in [4.78, 5) is 24.2. The largest absolute Gasteiger partial charge is 0.469 e. The molecule has 2 rings (SSSR count). The summed E-state index contributed by atoms with van der Waals surface area (Å²) in [6, 6.07) is 6.40. The van der Waals surface area contributed by atoms with Gasteiger partial charge in [-0.3, -0.25) is 9.59 Å². The van der Waals surface area contributed by atoms with Gasteiger partial charge in [0, 0.05) is 5.02 Å². The zero-order valence-corrected chi connectivity index (χ0v) is 13.8. The Hall–Kier alpha value is -2.34. The number of benzene rings is 1. The third-order valence-corrected chi connectivity index (χ3v) is 3.79. The molecule has 122 valence electrons. The van der Waals surface area contributed by atoms with Crippen LogP contribution >= 0.6 is 11.6 Å². The summed E-state index contributed by atoms with van der Waals surface area (Å²) in [5.74, 6) is -0.417. The van der Waals surface area contributed by atoms with Gasteiger partial charge in [-0.1, -0.05) is 35.0 Å². The molecule has 1 aromatic heterocycles. The molecule has 1 atom stereocenters. The van der Waals surface area contributed by atoms with E-state index in [4.69, 9.17) is 20.9 Å². The fourth-order valence-corrected chi connectivity index (χ4v) is 2.55. The van der Waals surface area contributed by atoms with Gasteiger partial charge in [0.15, 0.2) is 0 Å². The number of halogens is 1. The molecule has 0 spiro atoms. The summed E-state index contributed by atoms with van der Waals surface area (Å²) < 4.78 is 9.70. The fraction of sp³-hybridized carbons (Fsp3) is 0.312. The molecule has 0 aliphatic carbocycles. The highest BCUT2D eigenvalue weighted by molar-refractivity contribution is 6.31. The number of nitrogens with zero attached hydrogens (tertiary/aromatic N) is 1. The third-order valence-electron chi connectivity index (χ3n) is 3.44. The van der Waals surface area contributed by atoms with Crippen LogP contribution in [0.25, 0.3) is 0 Å². The minimum Gasteiger partial charge on any atom is -0.469 e. The van der Waals surface area contributed by atoms with Gasteiger partial charge in [-0.15, -0.1) is 0 Å². The lowest BCUT2D eigenvalue weighted by molar-refractivity contribution is -0.141. The molecule has 0 saturated carbocycles. The molecule has 1 amide bonds. The van der Waals surface area contributed by atoms with Gasteiger partial charge < -0.3 is 14.6 Å². The van der Waals surface area contributed by atoms with Crippen LogP contribution < -0.4 is 5.32 Å². The van der Waals surface area contributed by atoms with Crippen molar-refractivity contribution in [3.63, 3.8) is 0 Å². The lowest BCUT2D eigenvalue weighted by atomic mass is 10.0. The average Bonchev–Trinajstić information content (AvgIpc) is 2.86. The van der Waals surface area contributed by atoms with E-state index in [-0.39, 0.29) is 12.3 Å². The Morgan fingerprint density at radius 1 is 1.35 bits per heavy atom. The van der Waals surface area contributed by atoms with E-state index in [0.29, 0.717) is 27.6 Å². The van der Waals surface area contributed by atoms with Crippen molar-refractivity contribution in [2.75, 3.05) is 7.11 Å². The second-order valence-electron chi connectivity index (χ2n) is 5.03. The van der Waals surface area contributed by atoms with E-state index < -0.39 is 12.0 Å². The lowest BCUT2D eigenvalue weighted by Gasteiger charge is -2.19. The molecule has 23 heavy (non-hydrogen) atoms. The maximum atomic E-state index is 12.5. The molecule has 2 aromatic rings. The van der Waals surface area contributed by atoms with E-state index in [1.165, 1.54) is 7.11 Å². The first-order valence-corrected chi connectivity index (χ1v) is 7.36. The molecule has 0 aliphatic heterocycles. The first-order chi connectivity index (χ1) is 10.9. The van der Waals surface area contributed by atoms with E-state index in [1.807, 2.05) is 0 Å². The maximum Gasteiger partial charge on any atom is 0.307 e. The number of hydrogen-bond acceptors (Lipinski definition) is 5. The molecule has 0 fully saturated rings. The SMILES string of the molecule is COC(=O)CC(NC(=O)c1c(C)noc1C)c1ccccc1Cl. The molecule has 0 aliphatic rings. The van der Waals surface area contributed by atoms with Crippen LogP contribution in [-0.2, 0) is 9.53 Å². The topological polar surface area (TPSA) is 81.4 Å². The molecule has 1 heterocycles. The van der Waals surface area contributed by atoms with Crippen LogP contribution in [0.1, 0.15) is 39.8 Å². The van der Waals surface area contributed by atoms with E-state index in [0.717, 1.165) is 0 Å². The van der Waals surface area contributed by atoms with Gasteiger partial charge in [-0.05, 0) is 25.5 Å². The van der Waals surface area contributed by atoms with Crippen molar-refractivity contribution in [2.45, 2.75) is 26.3 Å². The standard InChI is InChI=1S/C16H17ClN2O4/c1-9-15(10(2)23-19-9)16(21)18-13(8-14(20)22-3)11-6-4-5-7-12(11)17/h4-7,13H,8H2,1-3H3,(H,18,21). The number of aromatic nitrogens is 1. The highest BCUT2D eigenvalue weighted by Gasteiger charge is 2.24. The first-order valence-electron chi connectivity index (χ1n) is 6.99. The number of hydrogen-bond donors (Lipinski definition) is 1. The number of nitrogens with one attached hydrogen (secondary N) is 1. The molecule has 0 saturated heterocycles. The van der Waals surface area contributed by atoms with Crippen molar-refractivity contribution in [1.29, 1.82) is 0 Å². The Morgan fingerprint density at radius 3 is 2.61 bits per heavy atom. The molecule has 0 bridgehead atoms. The maximum absolute atomic E-state index is 12.5. The summed E-state index contributed by atoms with van der Waals surface area (Å²) in [5.41, 5.74) is 1.47. The molecule has 1 N–H and O–H groups in total. The summed E-state index contributed by atoms with van der Waals surface area (Å²) in [6.07, 6.45) is -0.0324. The van der Waals surface area contributed by atoms with Crippen LogP contribution in [0, 0.1) is 13.8 Å². The predicted molar refractivity (Wildman–Crippen MR) is 84.3 cm³/mol. The second-order valence-corrected chi connectivity index (χ2v) is 5.43. The van der Waals surface area contributed by atoms with Gasteiger partial charge >= 0.3 is 5.97 Å². The number of carbonyl (C=O) groups is 2. The van der Waals surface area contributed by atoms with Crippen molar-refractivity contribution in [1.82, 2.24) is 10.5 Å². The third kappa shape index (κ3) is 3.90. The van der Waals surface area contributed by atoms with Crippen molar-refractivity contribution < 1.29 is 18.8 Å². The van der Waals surface area contributed by atoms with Gasteiger partial charge in [0.2, 0.25) is 0 Å². The molecule has 6 nitrogen and oxygen atoms in total. The Balaban J connectivity index is 2.30. The van der Waals surface area contributed by atoms with Crippen molar-refractivity contribution in [3.8, 4) is 0 Å². The Bertz CT molecular complexity index is 707. The van der Waals surface area contributed by atoms with Crippen LogP contribution in [0.2, 0.25) is 5.02 Å². The fourth-order valence-electron chi connectivity index (χ4n) is 2.28. The number of methoxy groups -OCH3 is 1. The lowest BCUT2D eigenvalue weighted by Crippen LogP contribution is -2.31. The van der Waals surface area contributed by atoms with Crippen molar-refractivity contribution >= 4 is 23.5 Å². The number of aryl methyl sites for hydroxylation is 2. The number of ether oxygens (including phenoxy) is 1. The van der Waals surface area contributed by atoms with E-state index in [9.17, 15) is 9.59 Å². The van der Waals surface area contributed by atoms with Crippen LogP contribution in [0.15, 0.2) is 28.8 Å². The van der Waals surface area contributed by atoms with Gasteiger partial charge in [-0.25, -0.2) is 0 Å². The quantitative estimate of drug-likeness (QED) is 0.849. The highest BCUT2D eigenvalue weighted by atomic mass is 35.5. The average molecular weight is 337 g/mol. The van der Waals surface area contributed by atoms with Gasteiger partial charge in [0.1, 0.15) is 11.3 Å². The Kier molecular flexibility index (Phi) is 5.39. The van der Waals surface area contributed by atoms with Crippen molar-refractivity contribution in [3.05, 3.63) is 51.9 Å². The number of esters is 1. The van der Waals surface area contributed by atoms with Crippen LogP contribution in [0.4, 0.5) is 0 Å². The molecular weight excluding hydrogens is 320 g/mol. The zero-order valence-electron chi connectivity index (χ0n) is 13.1. The smallest absolute Gasteiger partial charge is 0.307 e. The Labute approximate surface area is 138 Å². The molecule has 0 radical (unpaired) electrons. The van der Waals surface area contributed by atoms with E-state index in [2.05, 4.69) is 10.5 Å². The minimum absolute atomic E-state index is 0.0324. The van der Waals surface area contributed by atoms with Crippen LogP contribution in [0.3, 0.4) is 0 Å². The normalized spacial score (nSPS) is 11.8. The summed E-state index contributed by atoms with van der Waals surface area (Å²) in [7, 11) is 1.29. The van der Waals surface area contributed by atoms with Crippen LogP contribution in [-0.4, -0.2) is 24.1 Å². The summed E-state index contributed by atoms with van der Waals surface area (Å²) >= 11 is 6.18. The first kappa shape index (κ1) is 17.0. The number of amides is 1. The van der Waals surface area contributed by atoms with E-state index >= 15 is 0 Å². The summed E-state index contributed by atoms with van der Waals surface area (Å²) in [6.45, 7) is 3.33. The number of carbonyl (C=O) groups excluding carboxylic acids is 2. The predicted octanol–water partition coefficient (Wildman–Crippen LogP) is 2.98.